The molecule has 0 aliphatic carbocycles. The number of aryl methyl sites for hydroxylation is 1. The Bertz CT molecular complexity index is 486. The van der Waals surface area contributed by atoms with Gasteiger partial charge < -0.3 is 16.0 Å². The number of carbonyl (C=O) groups excluding carboxylic acids is 2. The Labute approximate surface area is 112 Å². The quantitative estimate of drug-likeness (QED) is 0.690. The van der Waals surface area contributed by atoms with Gasteiger partial charge in [-0.1, -0.05) is 0 Å². The van der Waals surface area contributed by atoms with Gasteiger partial charge >= 0.3 is 0 Å². The summed E-state index contributed by atoms with van der Waals surface area (Å²) in [5.41, 5.74) is 2.50. The highest BCUT2D eigenvalue weighted by atomic mass is 16.2. The van der Waals surface area contributed by atoms with Gasteiger partial charge in [0.25, 0.3) is 5.91 Å². The summed E-state index contributed by atoms with van der Waals surface area (Å²) in [5.74, 6) is -0.0208. The van der Waals surface area contributed by atoms with Gasteiger partial charge in [-0.3, -0.25) is 9.59 Å². The van der Waals surface area contributed by atoms with E-state index in [-0.39, 0.29) is 11.8 Å². The highest BCUT2D eigenvalue weighted by Crippen LogP contribution is 2.23. The Morgan fingerprint density at radius 3 is 2.95 bits per heavy atom. The fraction of sp³-hybridized carbons (Fsp3) is 0.429. The molecule has 5 heteroatoms. The van der Waals surface area contributed by atoms with Gasteiger partial charge in [0.2, 0.25) is 5.91 Å². The molecule has 0 unspecified atom stereocenters. The molecule has 2 amide bonds. The summed E-state index contributed by atoms with van der Waals surface area (Å²) in [6, 6.07) is 5.41. The van der Waals surface area contributed by atoms with Gasteiger partial charge in [-0.15, -0.1) is 0 Å². The molecule has 1 aliphatic rings. The summed E-state index contributed by atoms with van der Waals surface area (Å²) in [4.78, 5) is 23.2. The van der Waals surface area contributed by atoms with Crippen molar-refractivity contribution in [1.82, 2.24) is 10.6 Å². The Morgan fingerprint density at radius 1 is 1.32 bits per heavy atom. The SMILES string of the molecule is CNCCCNC(=O)c1ccc2c(c1)CCC(=O)N2. The van der Waals surface area contributed by atoms with Crippen LogP contribution in [0.1, 0.15) is 28.8 Å². The maximum Gasteiger partial charge on any atom is 0.251 e. The second-order valence-electron chi connectivity index (χ2n) is 4.63. The monoisotopic (exact) mass is 261 g/mol. The number of fused-ring (bicyclic) bond motifs is 1. The van der Waals surface area contributed by atoms with Gasteiger partial charge in [-0.25, -0.2) is 0 Å². The van der Waals surface area contributed by atoms with Crippen LogP contribution in [0.3, 0.4) is 0 Å². The van der Waals surface area contributed by atoms with Crippen molar-refractivity contribution in [2.24, 2.45) is 0 Å². The second kappa shape index (κ2) is 6.33. The van der Waals surface area contributed by atoms with Crippen molar-refractivity contribution in [3.8, 4) is 0 Å². The summed E-state index contributed by atoms with van der Waals surface area (Å²) in [5, 5.41) is 8.72. The van der Waals surface area contributed by atoms with Gasteiger partial charge in [0.1, 0.15) is 0 Å². The first-order valence-corrected chi connectivity index (χ1v) is 6.56. The van der Waals surface area contributed by atoms with Crippen LogP contribution in [-0.2, 0) is 11.2 Å². The minimum absolute atomic E-state index is 0.0387. The number of anilines is 1. The summed E-state index contributed by atoms with van der Waals surface area (Å²) in [6.45, 7) is 1.55. The molecule has 0 saturated heterocycles. The molecule has 3 N–H and O–H groups in total. The largest absolute Gasteiger partial charge is 0.352 e. The molecule has 102 valence electrons. The first kappa shape index (κ1) is 13.5. The highest BCUT2D eigenvalue weighted by molar-refractivity contribution is 5.97. The van der Waals surface area contributed by atoms with Gasteiger partial charge in [-0.2, -0.15) is 0 Å². The topological polar surface area (TPSA) is 70.2 Å². The number of rotatable bonds is 5. The van der Waals surface area contributed by atoms with Crippen LogP contribution in [0, 0.1) is 0 Å². The number of carbonyl (C=O) groups is 2. The van der Waals surface area contributed by atoms with E-state index in [1.165, 1.54) is 0 Å². The normalized spacial score (nSPS) is 13.6. The van der Waals surface area contributed by atoms with E-state index in [9.17, 15) is 9.59 Å². The van der Waals surface area contributed by atoms with Crippen LogP contribution in [-0.4, -0.2) is 32.0 Å². The Morgan fingerprint density at radius 2 is 2.16 bits per heavy atom. The van der Waals surface area contributed by atoms with Crippen LogP contribution in [0.5, 0.6) is 0 Å². The van der Waals surface area contributed by atoms with Crippen molar-refractivity contribution in [3.63, 3.8) is 0 Å². The zero-order chi connectivity index (χ0) is 13.7. The van der Waals surface area contributed by atoms with E-state index >= 15 is 0 Å². The van der Waals surface area contributed by atoms with Crippen molar-refractivity contribution in [3.05, 3.63) is 29.3 Å². The summed E-state index contributed by atoms with van der Waals surface area (Å²) in [6.07, 6.45) is 2.09. The van der Waals surface area contributed by atoms with E-state index in [1.807, 2.05) is 13.1 Å². The van der Waals surface area contributed by atoms with E-state index in [1.54, 1.807) is 12.1 Å². The summed E-state index contributed by atoms with van der Waals surface area (Å²) in [7, 11) is 1.89. The van der Waals surface area contributed by atoms with E-state index < -0.39 is 0 Å². The molecule has 5 nitrogen and oxygen atoms in total. The first-order valence-electron chi connectivity index (χ1n) is 6.56. The zero-order valence-electron chi connectivity index (χ0n) is 11.1. The lowest BCUT2D eigenvalue weighted by Crippen LogP contribution is -2.27. The van der Waals surface area contributed by atoms with Gasteiger partial charge in [0, 0.05) is 24.2 Å². The number of benzene rings is 1. The van der Waals surface area contributed by atoms with Gasteiger partial charge in [-0.05, 0) is 50.2 Å². The molecule has 0 spiro atoms. The predicted molar refractivity (Wildman–Crippen MR) is 74.3 cm³/mol. The Balaban J connectivity index is 1.97. The Kier molecular flexibility index (Phi) is 4.52. The third kappa shape index (κ3) is 3.54. The summed E-state index contributed by atoms with van der Waals surface area (Å²) >= 11 is 0. The smallest absolute Gasteiger partial charge is 0.251 e. The lowest BCUT2D eigenvalue weighted by atomic mass is 10.00. The minimum Gasteiger partial charge on any atom is -0.352 e. The molecule has 1 aromatic rings. The average molecular weight is 261 g/mol. The van der Waals surface area contributed by atoms with Crippen LogP contribution in [0.4, 0.5) is 5.69 Å². The second-order valence-corrected chi connectivity index (χ2v) is 4.63. The molecular formula is C14H19N3O2. The number of hydrogen-bond donors (Lipinski definition) is 3. The van der Waals surface area contributed by atoms with Gasteiger partial charge in [0.05, 0.1) is 0 Å². The zero-order valence-corrected chi connectivity index (χ0v) is 11.1. The molecule has 0 atom stereocenters. The van der Waals surface area contributed by atoms with Crippen molar-refractivity contribution < 1.29 is 9.59 Å². The highest BCUT2D eigenvalue weighted by Gasteiger charge is 2.16. The number of hydrogen-bond acceptors (Lipinski definition) is 3. The van der Waals surface area contributed by atoms with Crippen LogP contribution in [0.25, 0.3) is 0 Å². The van der Waals surface area contributed by atoms with Crippen molar-refractivity contribution >= 4 is 17.5 Å². The molecule has 0 radical (unpaired) electrons. The average Bonchev–Trinajstić information content (AvgIpc) is 2.42. The third-order valence-electron chi connectivity index (χ3n) is 3.15. The summed E-state index contributed by atoms with van der Waals surface area (Å²) < 4.78 is 0. The van der Waals surface area contributed by atoms with Crippen LogP contribution in [0.15, 0.2) is 18.2 Å². The van der Waals surface area contributed by atoms with Crippen LogP contribution in [0.2, 0.25) is 0 Å². The minimum atomic E-state index is -0.0594. The van der Waals surface area contributed by atoms with Crippen molar-refractivity contribution in [1.29, 1.82) is 0 Å². The number of nitrogens with one attached hydrogen (secondary N) is 3. The fourth-order valence-electron chi connectivity index (χ4n) is 2.09. The van der Waals surface area contributed by atoms with Crippen LogP contribution >= 0.6 is 0 Å². The molecule has 1 heterocycles. The number of amides is 2. The van der Waals surface area contributed by atoms with E-state index in [4.69, 9.17) is 0 Å². The standard InChI is InChI=1S/C14H19N3O2/c1-15-7-2-8-16-14(19)11-3-5-12-10(9-11)4-6-13(18)17-12/h3,5,9,15H,2,4,6-8H2,1H3,(H,16,19)(H,17,18). The van der Waals surface area contributed by atoms with Crippen LogP contribution < -0.4 is 16.0 Å². The molecule has 0 aromatic heterocycles. The molecular weight excluding hydrogens is 242 g/mol. The molecule has 0 fully saturated rings. The molecule has 0 saturated carbocycles. The van der Waals surface area contributed by atoms with E-state index in [0.29, 0.717) is 24.9 Å². The fourth-order valence-corrected chi connectivity index (χ4v) is 2.09. The van der Waals surface area contributed by atoms with Crippen molar-refractivity contribution in [2.75, 3.05) is 25.5 Å². The molecule has 1 aliphatic heterocycles. The maximum atomic E-state index is 11.9. The predicted octanol–water partition coefficient (Wildman–Crippen LogP) is 0.911. The molecule has 19 heavy (non-hydrogen) atoms. The van der Waals surface area contributed by atoms with Crippen molar-refractivity contribution in [2.45, 2.75) is 19.3 Å². The molecule has 1 aromatic carbocycles. The third-order valence-corrected chi connectivity index (χ3v) is 3.15. The Hall–Kier alpha value is -1.88. The maximum absolute atomic E-state index is 11.9. The molecule has 0 bridgehead atoms. The lowest BCUT2D eigenvalue weighted by Gasteiger charge is -2.17. The van der Waals surface area contributed by atoms with E-state index in [2.05, 4.69) is 16.0 Å². The first-order chi connectivity index (χ1) is 9.20. The van der Waals surface area contributed by atoms with Gasteiger partial charge in [0.15, 0.2) is 0 Å². The molecule has 2 rings (SSSR count). The lowest BCUT2D eigenvalue weighted by molar-refractivity contribution is -0.116. The van der Waals surface area contributed by atoms with E-state index in [0.717, 1.165) is 24.2 Å².